The van der Waals surface area contributed by atoms with Crippen LogP contribution in [0, 0.1) is 0 Å². The average molecular weight is 349 g/mol. The lowest BCUT2D eigenvalue weighted by atomic mass is 10.1. The van der Waals surface area contributed by atoms with E-state index in [0.717, 1.165) is 48.5 Å². The summed E-state index contributed by atoms with van der Waals surface area (Å²) in [6, 6.07) is 9.75. The first-order valence-corrected chi connectivity index (χ1v) is 8.98. The minimum atomic E-state index is -0.00268. The molecule has 0 amide bonds. The van der Waals surface area contributed by atoms with Crippen LogP contribution in [0.15, 0.2) is 39.6 Å². The van der Waals surface area contributed by atoms with Gasteiger partial charge in [-0.25, -0.2) is 4.98 Å². The zero-order chi connectivity index (χ0) is 17.5. The molecule has 0 radical (unpaired) electrons. The van der Waals surface area contributed by atoms with E-state index in [1.54, 1.807) is 0 Å². The molecule has 2 aliphatic rings. The van der Waals surface area contributed by atoms with Crippen LogP contribution in [-0.2, 0) is 19.5 Å². The molecule has 7 nitrogen and oxygen atoms in total. The number of benzene rings is 1. The van der Waals surface area contributed by atoms with Crippen LogP contribution in [0.3, 0.4) is 0 Å². The van der Waals surface area contributed by atoms with Crippen molar-refractivity contribution in [2.24, 2.45) is 0 Å². The van der Waals surface area contributed by atoms with E-state index in [0.29, 0.717) is 30.7 Å². The number of aromatic amines is 1. The molecule has 1 aromatic carbocycles. The van der Waals surface area contributed by atoms with Crippen molar-refractivity contribution in [3.8, 4) is 11.4 Å². The van der Waals surface area contributed by atoms with E-state index in [4.69, 9.17) is 4.52 Å². The van der Waals surface area contributed by atoms with Gasteiger partial charge in [-0.15, -0.1) is 0 Å². The first-order valence-electron chi connectivity index (χ1n) is 8.98. The minimum Gasteiger partial charge on any atom is -0.338 e. The SMILES string of the molecule is O=c1[nH]c(C2CC2)nc2c1CN(Cc1nc(-c3ccccc3)no1)CC2. The van der Waals surface area contributed by atoms with Gasteiger partial charge >= 0.3 is 0 Å². The van der Waals surface area contributed by atoms with E-state index in [2.05, 4.69) is 25.0 Å². The number of aromatic nitrogens is 4. The molecule has 1 aliphatic heterocycles. The second-order valence-electron chi connectivity index (χ2n) is 6.99. The average Bonchev–Trinajstić information content (AvgIpc) is 3.42. The van der Waals surface area contributed by atoms with Gasteiger partial charge in [0.2, 0.25) is 11.7 Å². The van der Waals surface area contributed by atoms with Crippen molar-refractivity contribution in [1.82, 2.24) is 25.0 Å². The lowest BCUT2D eigenvalue weighted by Crippen LogP contribution is -2.35. The smallest absolute Gasteiger partial charge is 0.255 e. The zero-order valence-corrected chi connectivity index (χ0v) is 14.3. The Morgan fingerprint density at radius 2 is 2.04 bits per heavy atom. The van der Waals surface area contributed by atoms with E-state index >= 15 is 0 Å². The molecule has 0 spiro atoms. The van der Waals surface area contributed by atoms with Crippen molar-refractivity contribution in [3.05, 3.63) is 63.7 Å². The third kappa shape index (κ3) is 2.94. The molecule has 1 fully saturated rings. The Balaban J connectivity index is 1.32. The molecule has 1 saturated carbocycles. The zero-order valence-electron chi connectivity index (χ0n) is 14.3. The van der Waals surface area contributed by atoms with Gasteiger partial charge in [0.1, 0.15) is 5.82 Å². The fraction of sp³-hybridized carbons (Fsp3) is 0.368. The number of nitrogens with one attached hydrogen (secondary N) is 1. The van der Waals surface area contributed by atoms with Crippen molar-refractivity contribution >= 4 is 0 Å². The summed E-state index contributed by atoms with van der Waals surface area (Å²) in [7, 11) is 0. The van der Waals surface area contributed by atoms with E-state index in [1.807, 2.05) is 30.3 Å². The van der Waals surface area contributed by atoms with Crippen molar-refractivity contribution in [2.75, 3.05) is 6.54 Å². The molecule has 5 rings (SSSR count). The summed E-state index contributed by atoms with van der Waals surface area (Å²) in [5.41, 5.74) is 2.64. The molecule has 3 heterocycles. The molecule has 132 valence electrons. The fourth-order valence-electron chi connectivity index (χ4n) is 3.40. The van der Waals surface area contributed by atoms with Gasteiger partial charge in [-0.3, -0.25) is 9.69 Å². The summed E-state index contributed by atoms with van der Waals surface area (Å²) in [5.74, 6) is 2.48. The van der Waals surface area contributed by atoms with Crippen LogP contribution in [0.1, 0.15) is 41.7 Å². The third-order valence-corrected chi connectivity index (χ3v) is 4.99. The Morgan fingerprint density at radius 3 is 2.85 bits per heavy atom. The van der Waals surface area contributed by atoms with Gasteiger partial charge in [0, 0.05) is 31.0 Å². The lowest BCUT2D eigenvalue weighted by Gasteiger charge is -2.26. The van der Waals surface area contributed by atoms with Crippen LogP contribution in [-0.4, -0.2) is 31.6 Å². The largest absolute Gasteiger partial charge is 0.338 e. The highest BCUT2D eigenvalue weighted by Crippen LogP contribution is 2.37. The van der Waals surface area contributed by atoms with Gasteiger partial charge in [-0.1, -0.05) is 35.5 Å². The Kier molecular flexibility index (Phi) is 3.67. The molecular formula is C19H19N5O2. The predicted molar refractivity (Wildman–Crippen MR) is 94.4 cm³/mol. The molecule has 0 atom stereocenters. The van der Waals surface area contributed by atoms with E-state index in [9.17, 15) is 4.79 Å². The second-order valence-corrected chi connectivity index (χ2v) is 6.99. The number of rotatable bonds is 4. The van der Waals surface area contributed by atoms with Gasteiger partial charge in [-0.05, 0) is 12.8 Å². The second kappa shape index (κ2) is 6.17. The maximum Gasteiger partial charge on any atom is 0.255 e. The molecule has 2 aromatic heterocycles. The third-order valence-electron chi connectivity index (χ3n) is 4.99. The first-order chi connectivity index (χ1) is 12.8. The molecule has 26 heavy (non-hydrogen) atoms. The number of hydrogen-bond acceptors (Lipinski definition) is 6. The highest BCUT2D eigenvalue weighted by atomic mass is 16.5. The van der Waals surface area contributed by atoms with E-state index < -0.39 is 0 Å². The number of hydrogen-bond donors (Lipinski definition) is 1. The molecule has 3 aromatic rings. The summed E-state index contributed by atoms with van der Waals surface area (Å²) >= 11 is 0. The van der Waals surface area contributed by atoms with Gasteiger partial charge in [0.25, 0.3) is 5.56 Å². The number of fused-ring (bicyclic) bond motifs is 1. The van der Waals surface area contributed by atoms with Crippen molar-refractivity contribution in [2.45, 2.75) is 38.3 Å². The fourth-order valence-corrected chi connectivity index (χ4v) is 3.40. The molecule has 0 bridgehead atoms. The highest BCUT2D eigenvalue weighted by molar-refractivity contribution is 5.53. The van der Waals surface area contributed by atoms with Gasteiger partial charge in [-0.2, -0.15) is 4.98 Å². The maximum atomic E-state index is 12.4. The first kappa shape index (κ1) is 15.5. The molecule has 1 aliphatic carbocycles. The summed E-state index contributed by atoms with van der Waals surface area (Å²) in [5, 5.41) is 4.06. The summed E-state index contributed by atoms with van der Waals surface area (Å²) < 4.78 is 5.39. The van der Waals surface area contributed by atoms with E-state index in [1.165, 1.54) is 0 Å². The van der Waals surface area contributed by atoms with Crippen LogP contribution >= 0.6 is 0 Å². The Hall–Kier alpha value is -2.80. The summed E-state index contributed by atoms with van der Waals surface area (Å²) in [6.45, 7) is 1.92. The normalized spacial score (nSPS) is 17.2. The number of nitrogens with zero attached hydrogens (tertiary/aromatic N) is 4. The maximum absolute atomic E-state index is 12.4. The van der Waals surface area contributed by atoms with Crippen molar-refractivity contribution in [1.29, 1.82) is 0 Å². The Morgan fingerprint density at radius 1 is 1.19 bits per heavy atom. The van der Waals surface area contributed by atoms with Crippen LogP contribution in [0.25, 0.3) is 11.4 Å². The van der Waals surface area contributed by atoms with Gasteiger partial charge in [0.05, 0.1) is 17.8 Å². The highest BCUT2D eigenvalue weighted by Gasteiger charge is 2.29. The summed E-state index contributed by atoms with van der Waals surface area (Å²) in [4.78, 5) is 26.7. The number of H-pyrrole nitrogens is 1. The van der Waals surface area contributed by atoms with Crippen LogP contribution in [0.2, 0.25) is 0 Å². The van der Waals surface area contributed by atoms with Crippen molar-refractivity contribution in [3.63, 3.8) is 0 Å². The Bertz CT molecular complexity index is 991. The standard InChI is InChI=1S/C19H19N5O2/c25-19-14-10-24(9-8-15(14)20-17(22-19)13-6-7-13)11-16-21-18(23-26-16)12-4-2-1-3-5-12/h1-5,13H,6-11H2,(H,20,22,25). The molecular weight excluding hydrogens is 330 g/mol. The lowest BCUT2D eigenvalue weighted by molar-refractivity contribution is 0.207. The van der Waals surface area contributed by atoms with Gasteiger partial charge in [0.15, 0.2) is 0 Å². The van der Waals surface area contributed by atoms with Crippen molar-refractivity contribution < 1.29 is 4.52 Å². The quantitative estimate of drug-likeness (QED) is 0.777. The monoisotopic (exact) mass is 349 g/mol. The van der Waals surface area contributed by atoms with Gasteiger partial charge < -0.3 is 9.51 Å². The predicted octanol–water partition coefficient (Wildman–Crippen LogP) is 2.26. The van der Waals surface area contributed by atoms with Crippen LogP contribution in [0.5, 0.6) is 0 Å². The summed E-state index contributed by atoms with van der Waals surface area (Å²) in [6.07, 6.45) is 3.04. The molecule has 0 unspecified atom stereocenters. The molecule has 7 heteroatoms. The minimum absolute atomic E-state index is 0.00268. The molecule has 0 saturated heterocycles. The van der Waals surface area contributed by atoms with Crippen LogP contribution < -0.4 is 5.56 Å². The van der Waals surface area contributed by atoms with E-state index in [-0.39, 0.29) is 5.56 Å². The van der Waals surface area contributed by atoms with Crippen LogP contribution in [0.4, 0.5) is 0 Å². The topological polar surface area (TPSA) is 87.9 Å². The molecule has 1 N–H and O–H groups in total. The Labute approximate surface area is 150 Å².